The Kier molecular flexibility index (Phi) is 10.6. The average molecular weight is 260 g/mol. The van der Waals surface area contributed by atoms with E-state index in [-0.39, 0.29) is 48.3 Å². The van der Waals surface area contributed by atoms with Crippen molar-refractivity contribution in [1.82, 2.24) is 0 Å². The minimum absolute atomic E-state index is 0. The van der Waals surface area contributed by atoms with E-state index >= 15 is 0 Å². The molecule has 0 saturated heterocycles. The maximum atomic E-state index is 11.2. The van der Waals surface area contributed by atoms with Gasteiger partial charge in [-0.05, 0) is 20.3 Å². The molecule has 0 unspecified atom stereocenters. The van der Waals surface area contributed by atoms with Gasteiger partial charge in [-0.25, -0.2) is 4.79 Å². The number of hydrogen-bond acceptors (Lipinski definition) is 5. The summed E-state index contributed by atoms with van der Waals surface area (Å²) in [6, 6.07) is 0. The molecule has 0 radical (unpaired) electrons. The van der Waals surface area contributed by atoms with Crippen LogP contribution in [0.5, 0.6) is 0 Å². The van der Waals surface area contributed by atoms with Crippen molar-refractivity contribution in [3.63, 3.8) is 0 Å². The second-order valence-corrected chi connectivity index (χ2v) is 4.29. The van der Waals surface area contributed by atoms with E-state index in [4.69, 9.17) is 4.74 Å². The van der Waals surface area contributed by atoms with Gasteiger partial charge in [-0.2, -0.15) is 8.42 Å². The number of hydrogen-bond donors (Lipinski definition) is 0. The molecular weight excluding hydrogens is 243 g/mol. The van der Waals surface area contributed by atoms with E-state index in [0.29, 0.717) is 6.42 Å². The summed E-state index contributed by atoms with van der Waals surface area (Å²) in [6.45, 7) is 5.09. The van der Waals surface area contributed by atoms with Crippen LogP contribution in [0.2, 0.25) is 0 Å². The topological polar surface area (TPSA) is 69.7 Å². The second kappa shape index (κ2) is 9.18. The molecule has 0 rings (SSSR count). The van der Waals surface area contributed by atoms with Gasteiger partial charge in [-0.3, -0.25) is 4.18 Å². The molecule has 90 valence electrons. The Morgan fingerprint density at radius 1 is 1.31 bits per heavy atom. The van der Waals surface area contributed by atoms with E-state index in [2.05, 4.69) is 4.18 Å². The molecule has 0 aliphatic carbocycles. The molecule has 0 saturated carbocycles. The van der Waals surface area contributed by atoms with Crippen LogP contribution < -0.4 is 0 Å². The zero-order valence-corrected chi connectivity index (χ0v) is 9.96. The number of rotatable bonds is 6. The Labute approximate surface area is 119 Å². The first-order chi connectivity index (χ1) is 6.93. The number of carbonyl (C=O) groups excluding carboxylic acids is 1. The summed E-state index contributed by atoms with van der Waals surface area (Å²) in [5.74, 6) is -0.639. The van der Waals surface area contributed by atoms with Crippen molar-refractivity contribution in [2.24, 2.45) is 0 Å². The van der Waals surface area contributed by atoms with Gasteiger partial charge in [0.15, 0.2) is 0 Å². The Morgan fingerprint density at radius 3 is 2.31 bits per heavy atom. The third kappa shape index (κ3) is 8.29. The van der Waals surface area contributed by atoms with Crippen molar-refractivity contribution in [1.29, 1.82) is 0 Å². The monoisotopic (exact) mass is 260 g/mol. The molecule has 0 aromatic heterocycles. The first-order valence-electron chi connectivity index (χ1n) is 4.67. The van der Waals surface area contributed by atoms with Crippen molar-refractivity contribution < 1.29 is 22.1 Å². The summed E-state index contributed by atoms with van der Waals surface area (Å²) in [7, 11) is -3.76. The van der Waals surface area contributed by atoms with Crippen LogP contribution in [0.3, 0.4) is 0 Å². The van der Waals surface area contributed by atoms with E-state index < -0.39 is 16.1 Å². The normalized spacial score (nSPS) is 11.8. The number of esters is 1. The quantitative estimate of drug-likeness (QED) is 0.302. The van der Waals surface area contributed by atoms with Gasteiger partial charge < -0.3 is 4.74 Å². The molecule has 0 fully saturated rings. The fraction of sp³-hybridized carbons (Fsp3) is 0.667. The summed E-state index contributed by atoms with van der Waals surface area (Å²) in [5.41, 5.74) is 0.0110. The third-order valence-electron chi connectivity index (χ3n) is 1.36. The number of carbonyl (C=O) groups is 1. The van der Waals surface area contributed by atoms with Crippen molar-refractivity contribution in [2.75, 3.05) is 13.2 Å². The molecule has 0 aromatic rings. The van der Waals surface area contributed by atoms with E-state index in [1.165, 1.54) is 6.92 Å². The fourth-order valence-corrected chi connectivity index (χ4v) is 1.70. The molecule has 0 atom stereocenters. The van der Waals surface area contributed by atoms with Crippen LogP contribution in [0.25, 0.3) is 0 Å². The molecule has 5 nitrogen and oxygen atoms in total. The molecule has 0 amide bonds. The zero-order valence-electron chi connectivity index (χ0n) is 9.15. The van der Waals surface area contributed by atoms with Gasteiger partial charge >= 0.3 is 35.5 Å². The van der Waals surface area contributed by atoms with Crippen LogP contribution >= 0.6 is 0 Å². The van der Waals surface area contributed by atoms with E-state index in [1.54, 1.807) is 6.92 Å². The molecule has 0 heterocycles. The number of ether oxygens (including phenoxy) is 1. The van der Waals surface area contributed by atoms with Crippen molar-refractivity contribution in [3.05, 3.63) is 11.0 Å². The van der Waals surface area contributed by atoms with Gasteiger partial charge in [0.1, 0.15) is 0 Å². The molecule has 0 aliphatic heterocycles. The van der Waals surface area contributed by atoms with Crippen LogP contribution in [0, 0.1) is 0 Å². The second-order valence-electron chi connectivity index (χ2n) is 2.84. The first kappa shape index (κ1) is 18.5. The summed E-state index contributed by atoms with van der Waals surface area (Å²) in [4.78, 5) is 11.2. The van der Waals surface area contributed by atoms with Gasteiger partial charge in [-0.1, -0.05) is 6.92 Å². The molecule has 0 aromatic carbocycles. The van der Waals surface area contributed by atoms with Crippen molar-refractivity contribution >= 4 is 45.6 Å². The Morgan fingerprint density at radius 2 is 1.88 bits per heavy atom. The van der Waals surface area contributed by atoms with Gasteiger partial charge in [0.25, 0.3) is 10.1 Å². The summed E-state index contributed by atoms with van der Waals surface area (Å²) in [6.07, 6.45) is 0.692. The minimum atomic E-state index is -3.76. The Bertz CT molecular complexity index is 334. The zero-order chi connectivity index (χ0) is 11.9. The summed E-state index contributed by atoms with van der Waals surface area (Å²) < 4.78 is 31.4. The molecule has 16 heavy (non-hydrogen) atoms. The van der Waals surface area contributed by atoms with Gasteiger partial charge in [0.2, 0.25) is 0 Å². The van der Waals surface area contributed by atoms with Crippen molar-refractivity contribution in [2.45, 2.75) is 27.2 Å². The van der Waals surface area contributed by atoms with Crippen LogP contribution in [0.4, 0.5) is 0 Å². The molecule has 0 aliphatic rings. The van der Waals surface area contributed by atoms with Crippen LogP contribution in [0.1, 0.15) is 27.2 Å². The molecular formula is C9H17NaO5S. The van der Waals surface area contributed by atoms with Crippen LogP contribution in [0.15, 0.2) is 11.0 Å². The predicted molar refractivity (Wildman–Crippen MR) is 62.7 cm³/mol. The van der Waals surface area contributed by atoms with Gasteiger partial charge in [-0.15, -0.1) is 0 Å². The molecule has 0 bridgehead atoms. The fourth-order valence-electron chi connectivity index (χ4n) is 0.772. The molecule has 0 spiro atoms. The first-order valence-corrected chi connectivity index (χ1v) is 6.15. The van der Waals surface area contributed by atoms with E-state index in [0.717, 1.165) is 5.41 Å². The average Bonchev–Trinajstić information content (AvgIpc) is 2.13. The maximum absolute atomic E-state index is 11.2. The van der Waals surface area contributed by atoms with Crippen LogP contribution in [-0.2, 0) is 23.8 Å². The molecule has 0 N–H and O–H groups in total. The Balaban J connectivity index is 0. The molecule has 7 heteroatoms. The third-order valence-corrected chi connectivity index (χ3v) is 2.57. The van der Waals surface area contributed by atoms with Gasteiger partial charge in [0, 0.05) is 5.57 Å². The predicted octanol–water partition coefficient (Wildman–Crippen LogP) is 0.561. The van der Waals surface area contributed by atoms with E-state index in [1.807, 2.05) is 6.92 Å². The standard InChI is InChI=1S/C9H16O5S.Na.H/c1-4-6-13-9(10)8(3)7-15(11,12)14-5-2;;/h7H,4-6H2,1-3H3;;. The Hall–Kier alpha value is 0.120. The SMILES string of the molecule is CCCOC(=O)C(C)=CS(=O)(=O)OCC.[NaH]. The van der Waals surface area contributed by atoms with Crippen LogP contribution in [-0.4, -0.2) is 57.2 Å². The van der Waals surface area contributed by atoms with Crippen molar-refractivity contribution in [3.8, 4) is 0 Å². The van der Waals surface area contributed by atoms with E-state index in [9.17, 15) is 13.2 Å². The summed E-state index contributed by atoms with van der Waals surface area (Å²) in [5, 5.41) is 0.772. The summed E-state index contributed by atoms with van der Waals surface area (Å²) >= 11 is 0. The van der Waals surface area contributed by atoms with Gasteiger partial charge in [0.05, 0.1) is 18.6 Å².